The summed E-state index contributed by atoms with van der Waals surface area (Å²) in [5.41, 5.74) is 0. The van der Waals surface area contributed by atoms with Crippen molar-refractivity contribution < 1.29 is 0 Å². The summed E-state index contributed by atoms with van der Waals surface area (Å²) in [5, 5.41) is 0. The van der Waals surface area contributed by atoms with Gasteiger partial charge in [-0.25, -0.2) is 0 Å². The van der Waals surface area contributed by atoms with Gasteiger partial charge < -0.3 is 0 Å². The summed E-state index contributed by atoms with van der Waals surface area (Å²) in [4.78, 5) is 0. The second-order valence-electron chi connectivity index (χ2n) is 4.94. The highest BCUT2D eigenvalue weighted by molar-refractivity contribution is 4.67. The van der Waals surface area contributed by atoms with Gasteiger partial charge in [-0.15, -0.1) is 0 Å². The van der Waals surface area contributed by atoms with Crippen LogP contribution in [0.25, 0.3) is 0 Å². The first kappa shape index (κ1) is 13.0. The average Bonchev–Trinajstić information content (AvgIpc) is 2.03. The third-order valence-electron chi connectivity index (χ3n) is 2.98. The van der Waals surface area contributed by atoms with Crippen molar-refractivity contribution in [1.82, 2.24) is 0 Å². The van der Waals surface area contributed by atoms with Crippen LogP contribution in [-0.2, 0) is 0 Å². The Morgan fingerprint density at radius 3 is 1.77 bits per heavy atom. The van der Waals surface area contributed by atoms with E-state index in [9.17, 15) is 0 Å². The quantitative estimate of drug-likeness (QED) is 0.528. The van der Waals surface area contributed by atoms with Gasteiger partial charge in [0.25, 0.3) is 0 Å². The molecule has 2 unspecified atom stereocenters. The van der Waals surface area contributed by atoms with Gasteiger partial charge in [-0.1, -0.05) is 60.3 Å². The number of hydrogen-bond acceptors (Lipinski definition) is 0. The Morgan fingerprint density at radius 1 is 0.846 bits per heavy atom. The fourth-order valence-electron chi connectivity index (χ4n) is 2.30. The van der Waals surface area contributed by atoms with E-state index in [1.165, 1.54) is 32.1 Å². The van der Waals surface area contributed by atoms with E-state index in [1.54, 1.807) is 0 Å². The standard InChI is InChI=1S/C13H28/c1-6-8-12(5)13(9-7-2)10-11(3)4/h11-13H,6-10H2,1-5H3. The average molecular weight is 184 g/mol. The number of rotatable bonds is 7. The van der Waals surface area contributed by atoms with Gasteiger partial charge in [-0.05, 0) is 24.2 Å². The van der Waals surface area contributed by atoms with Crippen LogP contribution in [0.1, 0.15) is 66.7 Å². The Balaban J connectivity index is 3.90. The monoisotopic (exact) mass is 184 g/mol. The Labute approximate surface area is 85.1 Å². The van der Waals surface area contributed by atoms with Crippen LogP contribution in [0.4, 0.5) is 0 Å². The highest BCUT2D eigenvalue weighted by atomic mass is 14.2. The second-order valence-corrected chi connectivity index (χ2v) is 4.94. The van der Waals surface area contributed by atoms with E-state index in [1.807, 2.05) is 0 Å². The largest absolute Gasteiger partial charge is 0.0654 e. The zero-order valence-corrected chi connectivity index (χ0v) is 10.3. The van der Waals surface area contributed by atoms with Crippen LogP contribution >= 0.6 is 0 Å². The normalized spacial score (nSPS) is 16.2. The molecule has 0 aromatic rings. The van der Waals surface area contributed by atoms with Crippen molar-refractivity contribution in [2.24, 2.45) is 17.8 Å². The fourth-order valence-corrected chi connectivity index (χ4v) is 2.30. The number of hydrogen-bond donors (Lipinski definition) is 0. The van der Waals surface area contributed by atoms with E-state index in [2.05, 4.69) is 34.6 Å². The Bertz CT molecular complexity index is 105. The maximum absolute atomic E-state index is 2.44. The van der Waals surface area contributed by atoms with Gasteiger partial charge in [-0.3, -0.25) is 0 Å². The van der Waals surface area contributed by atoms with Crippen LogP contribution in [-0.4, -0.2) is 0 Å². The summed E-state index contributed by atoms with van der Waals surface area (Å²) in [6, 6.07) is 0. The summed E-state index contributed by atoms with van der Waals surface area (Å²) in [5.74, 6) is 2.79. The molecule has 0 aliphatic heterocycles. The Morgan fingerprint density at radius 2 is 1.38 bits per heavy atom. The molecular formula is C13H28. The van der Waals surface area contributed by atoms with Crippen LogP contribution in [0.3, 0.4) is 0 Å². The molecule has 0 heteroatoms. The first-order valence-electron chi connectivity index (χ1n) is 6.11. The fraction of sp³-hybridized carbons (Fsp3) is 1.00. The van der Waals surface area contributed by atoms with E-state index >= 15 is 0 Å². The predicted octanol–water partition coefficient (Wildman–Crippen LogP) is 4.89. The molecule has 80 valence electrons. The van der Waals surface area contributed by atoms with E-state index in [-0.39, 0.29) is 0 Å². The molecule has 0 spiro atoms. The van der Waals surface area contributed by atoms with Gasteiger partial charge in [0.05, 0.1) is 0 Å². The van der Waals surface area contributed by atoms with Crippen LogP contribution < -0.4 is 0 Å². The summed E-state index contributed by atoms with van der Waals surface area (Å²) in [6.07, 6.45) is 6.97. The van der Waals surface area contributed by atoms with Crippen molar-refractivity contribution >= 4 is 0 Å². The van der Waals surface area contributed by atoms with Crippen LogP contribution in [0.5, 0.6) is 0 Å². The molecule has 13 heavy (non-hydrogen) atoms. The zero-order chi connectivity index (χ0) is 10.3. The Hall–Kier alpha value is 0. The maximum atomic E-state index is 2.44. The molecule has 0 heterocycles. The van der Waals surface area contributed by atoms with Gasteiger partial charge in [0.1, 0.15) is 0 Å². The molecule has 0 aromatic carbocycles. The lowest BCUT2D eigenvalue weighted by Crippen LogP contribution is -2.14. The van der Waals surface area contributed by atoms with Crippen LogP contribution in [0, 0.1) is 17.8 Å². The molecule has 0 aliphatic carbocycles. The van der Waals surface area contributed by atoms with Crippen LogP contribution in [0.15, 0.2) is 0 Å². The van der Waals surface area contributed by atoms with Crippen molar-refractivity contribution in [3.63, 3.8) is 0 Å². The molecule has 0 fully saturated rings. The summed E-state index contributed by atoms with van der Waals surface area (Å²) < 4.78 is 0. The van der Waals surface area contributed by atoms with E-state index < -0.39 is 0 Å². The lowest BCUT2D eigenvalue weighted by molar-refractivity contribution is 0.265. The van der Waals surface area contributed by atoms with Gasteiger partial charge in [0.15, 0.2) is 0 Å². The third kappa shape index (κ3) is 6.12. The van der Waals surface area contributed by atoms with E-state index in [0.717, 1.165) is 17.8 Å². The van der Waals surface area contributed by atoms with Crippen molar-refractivity contribution in [2.75, 3.05) is 0 Å². The minimum Gasteiger partial charge on any atom is -0.0654 e. The zero-order valence-electron chi connectivity index (χ0n) is 10.3. The minimum atomic E-state index is 0.871. The van der Waals surface area contributed by atoms with Gasteiger partial charge in [0, 0.05) is 0 Å². The molecule has 2 atom stereocenters. The molecule has 0 aromatic heterocycles. The Kier molecular flexibility index (Phi) is 7.41. The van der Waals surface area contributed by atoms with Crippen molar-refractivity contribution in [1.29, 1.82) is 0 Å². The van der Waals surface area contributed by atoms with E-state index in [0.29, 0.717) is 0 Å². The molecule has 0 N–H and O–H groups in total. The molecule has 0 saturated heterocycles. The summed E-state index contributed by atoms with van der Waals surface area (Å²) >= 11 is 0. The molecule has 0 aliphatic rings. The minimum absolute atomic E-state index is 0.871. The topological polar surface area (TPSA) is 0 Å². The highest BCUT2D eigenvalue weighted by Gasteiger charge is 2.16. The highest BCUT2D eigenvalue weighted by Crippen LogP contribution is 2.27. The lowest BCUT2D eigenvalue weighted by atomic mass is 9.81. The third-order valence-corrected chi connectivity index (χ3v) is 2.98. The summed E-state index contributed by atoms with van der Waals surface area (Å²) in [7, 11) is 0. The van der Waals surface area contributed by atoms with Crippen LogP contribution in [0.2, 0.25) is 0 Å². The smallest absolute Gasteiger partial charge is 0.0386 e. The molecule has 0 amide bonds. The van der Waals surface area contributed by atoms with E-state index in [4.69, 9.17) is 0 Å². The van der Waals surface area contributed by atoms with Crippen molar-refractivity contribution in [3.05, 3.63) is 0 Å². The predicted molar refractivity (Wildman–Crippen MR) is 61.9 cm³/mol. The molecule has 0 nitrogen and oxygen atoms in total. The molecule has 0 bridgehead atoms. The van der Waals surface area contributed by atoms with Gasteiger partial charge in [-0.2, -0.15) is 0 Å². The van der Waals surface area contributed by atoms with Crippen molar-refractivity contribution in [3.8, 4) is 0 Å². The first-order chi connectivity index (χ1) is 6.11. The first-order valence-corrected chi connectivity index (χ1v) is 6.11. The van der Waals surface area contributed by atoms with Crippen molar-refractivity contribution in [2.45, 2.75) is 66.7 Å². The molecule has 0 saturated carbocycles. The SMILES string of the molecule is CCCC(C)C(CCC)CC(C)C. The van der Waals surface area contributed by atoms with Gasteiger partial charge >= 0.3 is 0 Å². The molecule has 0 rings (SSSR count). The molecule has 0 radical (unpaired) electrons. The second kappa shape index (κ2) is 7.41. The lowest BCUT2D eigenvalue weighted by Gasteiger charge is -2.25. The summed E-state index contributed by atoms with van der Waals surface area (Å²) in [6.45, 7) is 11.7. The maximum Gasteiger partial charge on any atom is -0.0386 e. The molecular weight excluding hydrogens is 156 g/mol. The van der Waals surface area contributed by atoms with Gasteiger partial charge in [0.2, 0.25) is 0 Å².